The second kappa shape index (κ2) is 4.52. The van der Waals surface area contributed by atoms with Crippen LogP contribution in [0.3, 0.4) is 0 Å². The van der Waals surface area contributed by atoms with Gasteiger partial charge < -0.3 is 9.31 Å². The van der Waals surface area contributed by atoms with E-state index in [-0.39, 0.29) is 12.5 Å². The van der Waals surface area contributed by atoms with Gasteiger partial charge in [0.05, 0.1) is 11.6 Å². The van der Waals surface area contributed by atoms with E-state index in [0.717, 1.165) is 11.0 Å². The molecule has 0 aliphatic carbocycles. The van der Waals surface area contributed by atoms with Crippen molar-refractivity contribution in [1.29, 1.82) is 5.26 Å². The highest BCUT2D eigenvalue weighted by molar-refractivity contribution is 6.61. The van der Waals surface area contributed by atoms with Crippen LogP contribution in [-0.2, 0) is 9.31 Å². The maximum Gasteiger partial charge on any atom is 0.493 e. The lowest BCUT2D eigenvalue weighted by Crippen LogP contribution is -2.47. The first-order valence-electron chi connectivity index (χ1n) is 5.76. The van der Waals surface area contributed by atoms with Crippen molar-refractivity contribution in [2.75, 3.05) is 13.2 Å². The lowest BCUT2D eigenvalue weighted by atomic mass is 9.75. The summed E-state index contributed by atoms with van der Waals surface area (Å²) >= 11 is 0. The summed E-state index contributed by atoms with van der Waals surface area (Å²) < 4.78 is 11.4. The third-order valence-corrected chi connectivity index (χ3v) is 2.89. The van der Waals surface area contributed by atoms with Gasteiger partial charge in [-0.25, -0.2) is 0 Å². The van der Waals surface area contributed by atoms with Crippen molar-refractivity contribution in [1.82, 2.24) is 0 Å². The Morgan fingerprint density at radius 2 is 1.94 bits per heavy atom. The molecule has 1 aromatic carbocycles. The first kappa shape index (κ1) is 12.2. The Bertz CT molecular complexity index is 455. The molecule has 0 N–H and O–H groups in total. The van der Waals surface area contributed by atoms with E-state index < -0.39 is 0 Å². The standard InChI is InChI=1S/C13H16BNO2/c1-10-6-12(5-4-11(10)7-15)14-16-8-13(2,3)9-17-14/h4-6H,8-9H2,1-3H3. The molecule has 0 saturated carbocycles. The molecule has 0 atom stereocenters. The zero-order chi connectivity index (χ0) is 12.5. The second-order valence-electron chi connectivity index (χ2n) is 5.30. The highest BCUT2D eigenvalue weighted by Crippen LogP contribution is 2.21. The highest BCUT2D eigenvalue weighted by Gasteiger charge is 2.33. The van der Waals surface area contributed by atoms with Crippen molar-refractivity contribution in [2.24, 2.45) is 5.41 Å². The molecule has 1 aliphatic heterocycles. The van der Waals surface area contributed by atoms with E-state index in [4.69, 9.17) is 14.6 Å². The van der Waals surface area contributed by atoms with Gasteiger partial charge in [0.25, 0.3) is 0 Å². The van der Waals surface area contributed by atoms with Gasteiger partial charge in [0.2, 0.25) is 0 Å². The number of aryl methyl sites for hydroxylation is 1. The lowest BCUT2D eigenvalue weighted by Gasteiger charge is -2.33. The average molecular weight is 229 g/mol. The summed E-state index contributed by atoms with van der Waals surface area (Å²) in [6.45, 7) is 7.54. The van der Waals surface area contributed by atoms with E-state index in [1.54, 1.807) is 0 Å². The fraction of sp³-hybridized carbons (Fsp3) is 0.462. The number of nitrogens with zero attached hydrogens (tertiary/aromatic N) is 1. The second-order valence-corrected chi connectivity index (χ2v) is 5.30. The monoisotopic (exact) mass is 229 g/mol. The molecule has 1 aliphatic rings. The van der Waals surface area contributed by atoms with E-state index in [1.165, 1.54) is 0 Å². The van der Waals surface area contributed by atoms with Crippen LogP contribution in [0.25, 0.3) is 0 Å². The molecule has 1 fully saturated rings. The number of rotatable bonds is 1. The summed E-state index contributed by atoms with van der Waals surface area (Å²) in [7, 11) is -0.297. The SMILES string of the molecule is Cc1cc(B2OCC(C)(C)CO2)ccc1C#N. The molecular formula is C13H16BNO2. The van der Waals surface area contributed by atoms with Crippen molar-refractivity contribution < 1.29 is 9.31 Å². The minimum Gasteiger partial charge on any atom is -0.407 e. The summed E-state index contributed by atoms with van der Waals surface area (Å²) in [5.41, 5.74) is 2.72. The van der Waals surface area contributed by atoms with E-state index >= 15 is 0 Å². The van der Waals surface area contributed by atoms with Crippen LogP contribution in [0, 0.1) is 23.7 Å². The zero-order valence-corrected chi connectivity index (χ0v) is 10.5. The number of hydrogen-bond acceptors (Lipinski definition) is 3. The van der Waals surface area contributed by atoms with E-state index in [2.05, 4.69) is 19.9 Å². The van der Waals surface area contributed by atoms with E-state index in [9.17, 15) is 0 Å². The van der Waals surface area contributed by atoms with Crippen LogP contribution in [0.15, 0.2) is 18.2 Å². The molecular weight excluding hydrogens is 213 g/mol. The Kier molecular flexibility index (Phi) is 3.23. The third-order valence-electron chi connectivity index (χ3n) is 2.89. The van der Waals surface area contributed by atoms with Crippen LogP contribution in [0.5, 0.6) is 0 Å². The lowest BCUT2D eigenvalue weighted by molar-refractivity contribution is 0.0343. The van der Waals surface area contributed by atoms with Gasteiger partial charge in [0, 0.05) is 18.6 Å². The minimum absolute atomic E-state index is 0.0815. The summed E-state index contributed by atoms with van der Waals surface area (Å²) in [6.07, 6.45) is 0. The van der Waals surface area contributed by atoms with Gasteiger partial charge in [0.1, 0.15) is 0 Å². The smallest absolute Gasteiger partial charge is 0.407 e. The van der Waals surface area contributed by atoms with E-state index in [1.807, 2.05) is 25.1 Å². The summed E-state index contributed by atoms with van der Waals surface area (Å²) in [4.78, 5) is 0. The van der Waals surface area contributed by atoms with Crippen LogP contribution in [0.2, 0.25) is 0 Å². The molecule has 0 bridgehead atoms. The quantitative estimate of drug-likeness (QED) is 0.687. The Morgan fingerprint density at radius 3 is 2.47 bits per heavy atom. The molecule has 1 heterocycles. The van der Waals surface area contributed by atoms with Crippen LogP contribution in [0.4, 0.5) is 0 Å². The van der Waals surface area contributed by atoms with Gasteiger partial charge in [0.15, 0.2) is 0 Å². The molecule has 1 saturated heterocycles. The highest BCUT2D eigenvalue weighted by atomic mass is 16.6. The van der Waals surface area contributed by atoms with Crippen LogP contribution in [-0.4, -0.2) is 20.3 Å². The summed E-state index contributed by atoms with van der Waals surface area (Å²) in [5.74, 6) is 0. The minimum atomic E-state index is -0.297. The van der Waals surface area contributed by atoms with Crippen molar-refractivity contribution in [3.8, 4) is 6.07 Å². The molecule has 0 unspecified atom stereocenters. The number of nitriles is 1. The van der Waals surface area contributed by atoms with Gasteiger partial charge >= 0.3 is 7.12 Å². The molecule has 0 amide bonds. The average Bonchev–Trinajstić information content (AvgIpc) is 2.29. The van der Waals surface area contributed by atoms with Crippen LogP contribution < -0.4 is 5.46 Å². The Hall–Kier alpha value is -1.31. The molecule has 0 aromatic heterocycles. The Morgan fingerprint density at radius 1 is 1.29 bits per heavy atom. The van der Waals surface area contributed by atoms with E-state index in [0.29, 0.717) is 18.8 Å². The maximum absolute atomic E-state index is 8.88. The zero-order valence-electron chi connectivity index (χ0n) is 10.5. The predicted molar refractivity (Wildman–Crippen MR) is 67.0 cm³/mol. The van der Waals surface area contributed by atoms with Crippen LogP contribution in [0.1, 0.15) is 25.0 Å². The summed E-state index contributed by atoms with van der Waals surface area (Å²) in [5, 5.41) is 8.88. The fourth-order valence-corrected chi connectivity index (χ4v) is 1.84. The van der Waals surface area contributed by atoms with Gasteiger partial charge in [-0.05, 0) is 24.0 Å². The fourth-order valence-electron chi connectivity index (χ4n) is 1.84. The topological polar surface area (TPSA) is 42.2 Å². The van der Waals surface area contributed by atoms with Crippen LogP contribution >= 0.6 is 0 Å². The van der Waals surface area contributed by atoms with Gasteiger partial charge in [-0.2, -0.15) is 5.26 Å². The first-order chi connectivity index (χ1) is 8.02. The Balaban J connectivity index is 2.14. The summed E-state index contributed by atoms with van der Waals surface area (Å²) in [6, 6.07) is 7.83. The maximum atomic E-state index is 8.88. The molecule has 4 heteroatoms. The number of hydrogen-bond donors (Lipinski definition) is 0. The largest absolute Gasteiger partial charge is 0.493 e. The molecule has 88 valence electrons. The molecule has 17 heavy (non-hydrogen) atoms. The first-order valence-corrected chi connectivity index (χ1v) is 5.76. The normalized spacial score (nSPS) is 18.8. The molecule has 0 spiro atoms. The third kappa shape index (κ3) is 2.69. The molecule has 2 rings (SSSR count). The van der Waals surface area contributed by atoms with Gasteiger partial charge in [-0.3, -0.25) is 0 Å². The van der Waals surface area contributed by atoms with Crippen molar-refractivity contribution in [3.63, 3.8) is 0 Å². The van der Waals surface area contributed by atoms with Crippen molar-refractivity contribution >= 4 is 12.6 Å². The molecule has 3 nitrogen and oxygen atoms in total. The van der Waals surface area contributed by atoms with Crippen molar-refractivity contribution in [2.45, 2.75) is 20.8 Å². The molecule has 1 aromatic rings. The molecule has 0 radical (unpaired) electrons. The number of benzene rings is 1. The Labute approximate surface area is 102 Å². The van der Waals surface area contributed by atoms with Gasteiger partial charge in [-0.1, -0.05) is 26.0 Å². The predicted octanol–water partition coefficient (Wildman–Crippen LogP) is 1.63. The van der Waals surface area contributed by atoms with Gasteiger partial charge in [-0.15, -0.1) is 0 Å². The van der Waals surface area contributed by atoms with Crippen molar-refractivity contribution in [3.05, 3.63) is 29.3 Å².